The first-order valence-electron chi connectivity index (χ1n) is 6.18. The molecule has 20 heavy (non-hydrogen) atoms. The number of nitro benzene ring substituents is 1. The summed E-state index contributed by atoms with van der Waals surface area (Å²) in [5, 5.41) is 21.7. The lowest BCUT2D eigenvalue weighted by Gasteiger charge is -2.00. The molecule has 1 heterocycles. The van der Waals surface area contributed by atoms with Crippen molar-refractivity contribution in [2.24, 2.45) is 0 Å². The number of nitro groups is 1. The van der Waals surface area contributed by atoms with Gasteiger partial charge in [-0.2, -0.15) is 4.39 Å². The normalized spacial score (nSPS) is 10.7. The lowest BCUT2D eigenvalue weighted by molar-refractivity contribution is -0.387. The van der Waals surface area contributed by atoms with Crippen LogP contribution in [0.3, 0.4) is 0 Å². The maximum absolute atomic E-state index is 13.2. The molecular formula is C12H14FN5O2. The number of nitrogens with zero attached hydrogens (tertiary/aromatic N) is 4. The Balaban J connectivity index is 2.19. The van der Waals surface area contributed by atoms with Crippen LogP contribution in [-0.2, 0) is 6.54 Å². The molecule has 0 aliphatic rings. The first-order chi connectivity index (χ1) is 9.61. The Morgan fingerprint density at radius 3 is 3.00 bits per heavy atom. The van der Waals surface area contributed by atoms with Crippen LogP contribution in [0.5, 0.6) is 0 Å². The maximum Gasteiger partial charge on any atom is 0.306 e. The molecule has 7 nitrogen and oxygen atoms in total. The molecule has 0 bridgehead atoms. The molecule has 0 radical (unpaired) electrons. The predicted octanol–water partition coefficient (Wildman–Crippen LogP) is 1.81. The Hall–Kier alpha value is -2.35. The molecule has 2 aromatic rings. The van der Waals surface area contributed by atoms with Gasteiger partial charge in [-0.05, 0) is 25.1 Å². The van der Waals surface area contributed by atoms with Crippen LogP contribution in [0.25, 0.3) is 5.69 Å². The van der Waals surface area contributed by atoms with Crippen LogP contribution in [0.1, 0.15) is 19.0 Å². The number of nitrogens with one attached hydrogen (secondary N) is 1. The Morgan fingerprint density at radius 1 is 1.50 bits per heavy atom. The number of benzene rings is 1. The van der Waals surface area contributed by atoms with E-state index in [1.165, 1.54) is 10.7 Å². The average Bonchev–Trinajstić information content (AvgIpc) is 2.88. The molecule has 0 spiro atoms. The highest BCUT2D eigenvalue weighted by Gasteiger charge is 2.15. The SMILES string of the molecule is CCCNCc1cn(-c2ccc(F)c([N+](=O)[O-])c2)nn1. The Bertz CT molecular complexity index is 614. The van der Waals surface area contributed by atoms with E-state index in [0.29, 0.717) is 17.9 Å². The molecule has 2 rings (SSSR count). The van der Waals surface area contributed by atoms with Crippen molar-refractivity contribution >= 4 is 5.69 Å². The van der Waals surface area contributed by atoms with Crippen LogP contribution in [0.4, 0.5) is 10.1 Å². The second-order valence-corrected chi connectivity index (χ2v) is 4.22. The van der Waals surface area contributed by atoms with Crippen LogP contribution in [0.15, 0.2) is 24.4 Å². The van der Waals surface area contributed by atoms with Gasteiger partial charge >= 0.3 is 5.69 Å². The number of hydrogen-bond acceptors (Lipinski definition) is 5. The fraction of sp³-hybridized carbons (Fsp3) is 0.333. The highest BCUT2D eigenvalue weighted by molar-refractivity contribution is 5.43. The van der Waals surface area contributed by atoms with Crippen molar-refractivity contribution in [1.82, 2.24) is 20.3 Å². The van der Waals surface area contributed by atoms with Gasteiger partial charge in [0.15, 0.2) is 0 Å². The number of halogens is 1. The second-order valence-electron chi connectivity index (χ2n) is 4.22. The largest absolute Gasteiger partial charge is 0.311 e. The summed E-state index contributed by atoms with van der Waals surface area (Å²) in [4.78, 5) is 9.93. The zero-order valence-electron chi connectivity index (χ0n) is 10.9. The monoisotopic (exact) mass is 279 g/mol. The van der Waals surface area contributed by atoms with Crippen LogP contribution in [0.2, 0.25) is 0 Å². The molecule has 1 N–H and O–H groups in total. The smallest absolute Gasteiger partial charge is 0.306 e. The van der Waals surface area contributed by atoms with Crippen molar-refractivity contribution in [3.8, 4) is 5.69 Å². The second kappa shape index (κ2) is 6.20. The summed E-state index contributed by atoms with van der Waals surface area (Å²) in [5.41, 5.74) is 0.529. The van der Waals surface area contributed by atoms with E-state index in [1.54, 1.807) is 6.20 Å². The molecule has 0 unspecified atom stereocenters. The van der Waals surface area contributed by atoms with E-state index in [9.17, 15) is 14.5 Å². The van der Waals surface area contributed by atoms with Gasteiger partial charge in [0, 0.05) is 12.6 Å². The lowest BCUT2D eigenvalue weighted by atomic mass is 10.2. The van der Waals surface area contributed by atoms with Crippen molar-refractivity contribution in [2.75, 3.05) is 6.54 Å². The summed E-state index contributed by atoms with van der Waals surface area (Å²) >= 11 is 0. The van der Waals surface area contributed by atoms with Crippen molar-refractivity contribution < 1.29 is 9.31 Å². The standard InChI is InChI=1S/C12H14FN5O2/c1-2-5-14-7-9-8-17(16-15-9)10-3-4-11(13)12(6-10)18(19)20/h3-4,6,8,14H,2,5,7H2,1H3. The lowest BCUT2D eigenvalue weighted by Crippen LogP contribution is -2.13. The van der Waals surface area contributed by atoms with Gasteiger partial charge in [-0.1, -0.05) is 12.1 Å². The van der Waals surface area contributed by atoms with Crippen molar-refractivity contribution in [1.29, 1.82) is 0 Å². The summed E-state index contributed by atoms with van der Waals surface area (Å²) in [6, 6.07) is 3.59. The van der Waals surface area contributed by atoms with E-state index in [1.807, 2.05) is 0 Å². The van der Waals surface area contributed by atoms with E-state index in [2.05, 4.69) is 22.6 Å². The first kappa shape index (κ1) is 14.1. The van der Waals surface area contributed by atoms with Gasteiger partial charge in [0.1, 0.15) is 0 Å². The third-order valence-corrected chi connectivity index (χ3v) is 2.66. The molecular weight excluding hydrogens is 265 g/mol. The quantitative estimate of drug-likeness (QED) is 0.495. The molecule has 0 saturated heterocycles. The molecule has 0 aliphatic heterocycles. The fourth-order valence-electron chi connectivity index (χ4n) is 1.68. The summed E-state index contributed by atoms with van der Waals surface area (Å²) in [6.07, 6.45) is 2.66. The minimum atomic E-state index is -0.872. The van der Waals surface area contributed by atoms with Crippen molar-refractivity contribution in [3.63, 3.8) is 0 Å². The number of hydrogen-bond donors (Lipinski definition) is 1. The highest BCUT2D eigenvalue weighted by Crippen LogP contribution is 2.20. The van der Waals surface area contributed by atoms with Gasteiger partial charge in [0.2, 0.25) is 5.82 Å². The Kier molecular flexibility index (Phi) is 4.36. The molecule has 0 fully saturated rings. The van der Waals surface area contributed by atoms with Gasteiger partial charge in [-0.3, -0.25) is 10.1 Å². The van der Waals surface area contributed by atoms with Crippen LogP contribution in [0, 0.1) is 15.9 Å². The topological polar surface area (TPSA) is 85.9 Å². The number of rotatable bonds is 6. The first-order valence-corrected chi connectivity index (χ1v) is 6.18. The summed E-state index contributed by atoms with van der Waals surface area (Å²) in [7, 11) is 0. The van der Waals surface area contributed by atoms with E-state index < -0.39 is 16.4 Å². The van der Waals surface area contributed by atoms with E-state index >= 15 is 0 Å². The maximum atomic E-state index is 13.2. The van der Waals surface area contributed by atoms with Gasteiger partial charge in [0.05, 0.1) is 22.5 Å². The molecule has 0 atom stereocenters. The zero-order chi connectivity index (χ0) is 14.5. The third kappa shape index (κ3) is 3.15. The van der Waals surface area contributed by atoms with E-state index in [4.69, 9.17) is 0 Å². The molecule has 0 aliphatic carbocycles. The minimum Gasteiger partial charge on any atom is -0.311 e. The van der Waals surface area contributed by atoms with Gasteiger partial charge in [-0.15, -0.1) is 5.10 Å². The van der Waals surface area contributed by atoms with Crippen LogP contribution >= 0.6 is 0 Å². The molecule has 0 amide bonds. The molecule has 106 valence electrons. The molecule has 1 aromatic heterocycles. The summed E-state index contributed by atoms with van der Waals surface area (Å²) < 4.78 is 14.6. The Labute approximate surface area is 114 Å². The van der Waals surface area contributed by atoms with Gasteiger partial charge in [0.25, 0.3) is 0 Å². The third-order valence-electron chi connectivity index (χ3n) is 2.66. The van der Waals surface area contributed by atoms with Gasteiger partial charge < -0.3 is 5.32 Å². The summed E-state index contributed by atoms with van der Waals surface area (Å²) in [5.74, 6) is -0.872. The van der Waals surface area contributed by atoms with Crippen molar-refractivity contribution in [2.45, 2.75) is 19.9 Å². The highest BCUT2D eigenvalue weighted by atomic mass is 19.1. The van der Waals surface area contributed by atoms with Crippen LogP contribution in [-0.4, -0.2) is 26.5 Å². The van der Waals surface area contributed by atoms with E-state index in [-0.39, 0.29) is 0 Å². The number of aromatic nitrogens is 3. The van der Waals surface area contributed by atoms with Crippen molar-refractivity contribution in [3.05, 3.63) is 46.0 Å². The minimum absolute atomic E-state index is 0.396. The summed E-state index contributed by atoms with van der Waals surface area (Å²) in [6.45, 7) is 3.49. The zero-order valence-corrected chi connectivity index (χ0v) is 10.9. The van der Waals surface area contributed by atoms with Gasteiger partial charge in [-0.25, -0.2) is 4.68 Å². The Morgan fingerprint density at radius 2 is 2.30 bits per heavy atom. The average molecular weight is 279 g/mol. The van der Waals surface area contributed by atoms with E-state index in [0.717, 1.165) is 25.1 Å². The van der Waals surface area contributed by atoms with Crippen LogP contribution < -0.4 is 5.32 Å². The predicted molar refractivity (Wildman–Crippen MR) is 70.0 cm³/mol. The fourth-order valence-corrected chi connectivity index (χ4v) is 1.68. The molecule has 8 heteroatoms. The molecule has 1 aromatic carbocycles. The molecule has 0 saturated carbocycles.